The lowest BCUT2D eigenvalue weighted by Crippen LogP contribution is -2.61. The molecule has 0 bridgehead atoms. The highest BCUT2D eigenvalue weighted by atomic mass is 32.2. The van der Waals surface area contributed by atoms with E-state index in [4.69, 9.17) is 0 Å². The summed E-state index contributed by atoms with van der Waals surface area (Å²) in [6, 6.07) is 3.54. The van der Waals surface area contributed by atoms with Gasteiger partial charge in [-0.2, -0.15) is 0 Å². The van der Waals surface area contributed by atoms with Gasteiger partial charge in [-0.1, -0.05) is 6.07 Å². The first-order chi connectivity index (χ1) is 11.3. The average molecular weight is 353 g/mol. The van der Waals surface area contributed by atoms with Crippen LogP contribution in [0.1, 0.15) is 24.8 Å². The van der Waals surface area contributed by atoms with E-state index in [1.54, 1.807) is 18.3 Å². The summed E-state index contributed by atoms with van der Waals surface area (Å²) in [6.45, 7) is 1.71. The Balaban J connectivity index is 1.79. The molecule has 1 amide bonds. The summed E-state index contributed by atoms with van der Waals surface area (Å²) in [6.07, 6.45) is 4.16. The van der Waals surface area contributed by atoms with Gasteiger partial charge in [0.05, 0.1) is 17.3 Å². The van der Waals surface area contributed by atoms with E-state index in [0.717, 1.165) is 6.42 Å². The van der Waals surface area contributed by atoms with Gasteiger partial charge in [-0.3, -0.25) is 4.79 Å². The van der Waals surface area contributed by atoms with E-state index in [-0.39, 0.29) is 11.7 Å². The normalized spacial score (nSPS) is 28.0. The third kappa shape index (κ3) is 3.39. The van der Waals surface area contributed by atoms with Gasteiger partial charge in [-0.05, 0) is 30.9 Å². The van der Waals surface area contributed by atoms with Crippen molar-refractivity contribution in [1.82, 2.24) is 10.3 Å². The Morgan fingerprint density at radius 3 is 2.88 bits per heavy atom. The Bertz CT molecular complexity index is 719. The number of pyridine rings is 1. The summed E-state index contributed by atoms with van der Waals surface area (Å²) in [7, 11) is -3.09. The number of hydrogen-bond acceptors (Lipinski definition) is 6. The lowest BCUT2D eigenvalue weighted by Gasteiger charge is -2.47. The molecule has 0 aliphatic carbocycles. The molecule has 2 atom stereocenters. The van der Waals surface area contributed by atoms with Crippen LogP contribution >= 0.6 is 0 Å². The average Bonchev–Trinajstić information content (AvgIpc) is 2.52. The molecule has 3 rings (SSSR count). The van der Waals surface area contributed by atoms with Crippen molar-refractivity contribution in [2.75, 3.05) is 30.8 Å². The standard InChI is InChI=1S/C16H23N3O4S/c1-24(22,23)10-12-3-4-14(18-9-12)19-8-5-13(20)16(11-19)6-2-7-17-15(16)21/h3-4,9,13,20H,2,5-8,10-11H2,1H3,(H,17,21)/t13-,16-/m1/s1. The fraction of sp³-hybridized carbons (Fsp3) is 0.625. The molecule has 132 valence electrons. The minimum Gasteiger partial charge on any atom is -0.392 e. The number of aliphatic hydroxyl groups is 1. The first kappa shape index (κ1) is 17.2. The number of aliphatic hydroxyl groups excluding tert-OH is 1. The second kappa shape index (κ2) is 6.33. The summed E-state index contributed by atoms with van der Waals surface area (Å²) in [5, 5.41) is 13.3. The number of amides is 1. The Labute approximate surface area is 142 Å². The van der Waals surface area contributed by atoms with Crippen molar-refractivity contribution in [1.29, 1.82) is 0 Å². The van der Waals surface area contributed by atoms with Crippen LogP contribution in [0.5, 0.6) is 0 Å². The van der Waals surface area contributed by atoms with Crippen LogP contribution in [0.2, 0.25) is 0 Å². The molecule has 2 N–H and O–H groups in total. The molecule has 0 saturated carbocycles. The van der Waals surface area contributed by atoms with Gasteiger partial charge in [0.2, 0.25) is 5.91 Å². The molecular formula is C16H23N3O4S. The smallest absolute Gasteiger partial charge is 0.230 e. The number of rotatable bonds is 3. The Kier molecular flexibility index (Phi) is 4.52. The van der Waals surface area contributed by atoms with Crippen LogP contribution in [-0.4, -0.2) is 56.4 Å². The molecule has 2 aliphatic heterocycles. The molecule has 2 fully saturated rings. The summed E-state index contributed by atoms with van der Waals surface area (Å²) >= 11 is 0. The molecule has 7 nitrogen and oxygen atoms in total. The first-order valence-corrected chi connectivity index (χ1v) is 10.2. The zero-order chi connectivity index (χ0) is 17.4. The van der Waals surface area contributed by atoms with Gasteiger partial charge in [0, 0.05) is 32.1 Å². The molecule has 2 saturated heterocycles. The van der Waals surface area contributed by atoms with Gasteiger partial charge < -0.3 is 15.3 Å². The summed E-state index contributed by atoms with van der Waals surface area (Å²) in [5.41, 5.74) is -0.132. The van der Waals surface area contributed by atoms with E-state index in [1.165, 1.54) is 6.26 Å². The maximum Gasteiger partial charge on any atom is 0.230 e. The van der Waals surface area contributed by atoms with Crippen LogP contribution in [-0.2, 0) is 20.4 Å². The zero-order valence-corrected chi connectivity index (χ0v) is 14.6. The first-order valence-electron chi connectivity index (χ1n) is 8.14. The second-order valence-electron chi connectivity index (χ2n) is 6.84. The SMILES string of the molecule is CS(=O)(=O)Cc1ccc(N2CC[C@@H](O)[C@@]3(CCCNC3=O)C2)nc1. The van der Waals surface area contributed by atoms with Crippen LogP contribution in [0, 0.1) is 5.41 Å². The van der Waals surface area contributed by atoms with Gasteiger partial charge in [0.1, 0.15) is 5.82 Å². The summed E-state index contributed by atoms with van der Waals surface area (Å²) in [5.74, 6) is 0.585. The van der Waals surface area contributed by atoms with Crippen molar-refractivity contribution in [3.8, 4) is 0 Å². The largest absolute Gasteiger partial charge is 0.392 e. The van der Waals surface area contributed by atoms with Crippen molar-refractivity contribution < 1.29 is 18.3 Å². The molecule has 24 heavy (non-hydrogen) atoms. The van der Waals surface area contributed by atoms with E-state index < -0.39 is 21.4 Å². The Morgan fingerprint density at radius 1 is 1.46 bits per heavy atom. The van der Waals surface area contributed by atoms with E-state index in [9.17, 15) is 18.3 Å². The quantitative estimate of drug-likeness (QED) is 0.799. The second-order valence-corrected chi connectivity index (χ2v) is 8.98. The van der Waals surface area contributed by atoms with Crippen molar-refractivity contribution in [2.24, 2.45) is 5.41 Å². The highest BCUT2D eigenvalue weighted by molar-refractivity contribution is 7.89. The number of hydrogen-bond donors (Lipinski definition) is 2. The number of carbonyl (C=O) groups excluding carboxylic acids is 1. The summed E-state index contributed by atoms with van der Waals surface area (Å²) < 4.78 is 22.7. The Hall–Kier alpha value is -1.67. The van der Waals surface area contributed by atoms with Crippen molar-refractivity contribution in [2.45, 2.75) is 31.1 Å². The predicted molar refractivity (Wildman–Crippen MR) is 90.3 cm³/mol. The third-order valence-electron chi connectivity index (χ3n) is 4.88. The topological polar surface area (TPSA) is 99.6 Å². The lowest BCUT2D eigenvalue weighted by molar-refractivity contribution is -0.142. The number of anilines is 1. The van der Waals surface area contributed by atoms with Crippen molar-refractivity contribution in [3.05, 3.63) is 23.9 Å². The van der Waals surface area contributed by atoms with Gasteiger partial charge in [0.25, 0.3) is 0 Å². The van der Waals surface area contributed by atoms with Crippen LogP contribution in [0.25, 0.3) is 0 Å². The zero-order valence-electron chi connectivity index (χ0n) is 13.7. The van der Waals surface area contributed by atoms with Gasteiger partial charge in [-0.25, -0.2) is 13.4 Å². The third-order valence-corrected chi connectivity index (χ3v) is 5.74. The molecule has 1 aromatic heterocycles. The molecule has 0 aromatic carbocycles. The molecule has 1 aromatic rings. The molecule has 1 spiro atoms. The highest BCUT2D eigenvalue weighted by Gasteiger charge is 2.50. The van der Waals surface area contributed by atoms with E-state index >= 15 is 0 Å². The molecule has 2 aliphatic rings. The lowest BCUT2D eigenvalue weighted by atomic mass is 9.71. The van der Waals surface area contributed by atoms with Crippen LogP contribution in [0.3, 0.4) is 0 Å². The van der Waals surface area contributed by atoms with Crippen molar-refractivity contribution >= 4 is 21.6 Å². The number of piperidine rings is 2. The Morgan fingerprint density at radius 2 is 2.25 bits per heavy atom. The van der Waals surface area contributed by atoms with Crippen LogP contribution < -0.4 is 10.2 Å². The van der Waals surface area contributed by atoms with Gasteiger partial charge in [0.15, 0.2) is 9.84 Å². The summed E-state index contributed by atoms with van der Waals surface area (Å²) in [4.78, 5) is 18.7. The molecule has 3 heterocycles. The number of carbonyl (C=O) groups is 1. The van der Waals surface area contributed by atoms with Gasteiger partial charge >= 0.3 is 0 Å². The molecule has 8 heteroatoms. The number of aromatic nitrogens is 1. The maximum atomic E-state index is 12.4. The minimum atomic E-state index is -3.09. The number of sulfone groups is 1. The number of nitrogens with zero attached hydrogens (tertiary/aromatic N) is 2. The van der Waals surface area contributed by atoms with Crippen LogP contribution in [0.4, 0.5) is 5.82 Å². The maximum absolute atomic E-state index is 12.4. The minimum absolute atomic E-state index is 0.0364. The van der Waals surface area contributed by atoms with Crippen LogP contribution in [0.15, 0.2) is 18.3 Å². The van der Waals surface area contributed by atoms with Gasteiger partial charge in [-0.15, -0.1) is 0 Å². The number of nitrogens with one attached hydrogen (secondary N) is 1. The van der Waals surface area contributed by atoms with E-state index in [1.807, 2.05) is 4.90 Å². The van der Waals surface area contributed by atoms with E-state index in [0.29, 0.717) is 43.9 Å². The fourth-order valence-corrected chi connectivity index (χ4v) is 4.41. The monoisotopic (exact) mass is 353 g/mol. The highest BCUT2D eigenvalue weighted by Crippen LogP contribution is 2.38. The molecule has 0 radical (unpaired) electrons. The van der Waals surface area contributed by atoms with E-state index in [2.05, 4.69) is 10.3 Å². The molecular weight excluding hydrogens is 330 g/mol. The predicted octanol–water partition coefficient (Wildman–Crippen LogP) is 0.0936. The fourth-order valence-electron chi connectivity index (χ4n) is 3.63. The van der Waals surface area contributed by atoms with Crippen molar-refractivity contribution in [3.63, 3.8) is 0 Å². The molecule has 0 unspecified atom stereocenters.